The van der Waals surface area contributed by atoms with E-state index in [1.165, 1.54) is 39.9 Å². The number of urea groups is 1. The minimum Gasteiger partial charge on any atom is -0.446 e. The van der Waals surface area contributed by atoms with Crippen molar-refractivity contribution in [2.45, 2.75) is 6.04 Å². The summed E-state index contributed by atoms with van der Waals surface area (Å²) in [6.45, 7) is 0.0231. The molecule has 176 valence electrons. The molecule has 1 atom stereocenters. The van der Waals surface area contributed by atoms with Crippen LogP contribution in [0.25, 0.3) is 16.8 Å². The van der Waals surface area contributed by atoms with Gasteiger partial charge in [0.1, 0.15) is 30.1 Å². The van der Waals surface area contributed by atoms with Crippen molar-refractivity contribution < 1.29 is 23.1 Å². The topological polar surface area (TPSA) is 140 Å². The summed E-state index contributed by atoms with van der Waals surface area (Å²) in [5, 5.41) is 7.80. The summed E-state index contributed by atoms with van der Waals surface area (Å²) in [5.41, 5.74) is 8.84. The highest BCUT2D eigenvalue weighted by Gasteiger charge is 2.37. The lowest BCUT2D eigenvalue weighted by Gasteiger charge is -2.20. The Bertz CT molecular complexity index is 1470. The maximum atomic E-state index is 14.6. The smallest absolute Gasteiger partial charge is 0.416 e. The van der Waals surface area contributed by atoms with E-state index in [9.17, 15) is 18.4 Å². The van der Waals surface area contributed by atoms with E-state index in [-0.39, 0.29) is 18.0 Å². The number of halogens is 2. The van der Waals surface area contributed by atoms with Gasteiger partial charge in [0.25, 0.3) is 0 Å². The number of pyridine rings is 1. The third kappa shape index (κ3) is 4.21. The number of amides is 3. The van der Waals surface area contributed by atoms with E-state index in [1.54, 1.807) is 18.3 Å². The van der Waals surface area contributed by atoms with E-state index >= 15 is 0 Å². The second-order valence-electron chi connectivity index (χ2n) is 7.45. The van der Waals surface area contributed by atoms with E-state index in [2.05, 4.69) is 20.2 Å². The molecule has 0 aliphatic carbocycles. The molecule has 4 heterocycles. The highest BCUT2D eigenvalue weighted by atomic mass is 19.1. The first-order valence-corrected chi connectivity index (χ1v) is 10.2. The summed E-state index contributed by atoms with van der Waals surface area (Å²) in [4.78, 5) is 33.2. The Kier molecular flexibility index (Phi) is 5.49. The number of aromatic nitrogens is 4. The third-order valence-corrected chi connectivity index (χ3v) is 5.26. The number of nitrogens with two attached hydrogens (primary N) is 1. The molecule has 4 aromatic rings. The second kappa shape index (κ2) is 8.78. The molecule has 0 spiro atoms. The fraction of sp³-hybridized carbons (Fsp3) is 0.0909. The van der Waals surface area contributed by atoms with Gasteiger partial charge in [-0.25, -0.2) is 38.2 Å². The minimum atomic E-state index is -0.870. The van der Waals surface area contributed by atoms with Crippen LogP contribution in [0.4, 0.5) is 24.2 Å². The van der Waals surface area contributed by atoms with Crippen LogP contribution in [0.15, 0.2) is 60.1 Å². The minimum absolute atomic E-state index is 0.0231. The number of benzene rings is 1. The van der Waals surface area contributed by atoms with Crippen LogP contribution in [0.3, 0.4) is 0 Å². The lowest BCUT2D eigenvalue weighted by molar-refractivity contribution is 0.178. The number of rotatable bonds is 5. The van der Waals surface area contributed by atoms with Crippen LogP contribution in [-0.2, 0) is 4.74 Å². The van der Waals surface area contributed by atoms with Crippen molar-refractivity contribution in [2.24, 2.45) is 10.8 Å². The van der Waals surface area contributed by atoms with Gasteiger partial charge in [0.15, 0.2) is 5.65 Å². The Labute approximate surface area is 195 Å². The van der Waals surface area contributed by atoms with Crippen molar-refractivity contribution in [1.82, 2.24) is 25.0 Å². The van der Waals surface area contributed by atoms with Gasteiger partial charge in [-0.3, -0.25) is 4.98 Å². The van der Waals surface area contributed by atoms with Gasteiger partial charge in [-0.2, -0.15) is 10.2 Å². The van der Waals surface area contributed by atoms with Crippen molar-refractivity contribution in [1.29, 1.82) is 0 Å². The monoisotopic (exact) mass is 478 g/mol. The van der Waals surface area contributed by atoms with E-state index in [4.69, 9.17) is 10.5 Å². The molecule has 3 aromatic heterocycles. The molecule has 5 rings (SSSR count). The highest BCUT2D eigenvalue weighted by Crippen LogP contribution is 2.33. The normalized spacial score (nSPS) is 15.7. The number of ether oxygens (including phenoxy) is 1. The summed E-state index contributed by atoms with van der Waals surface area (Å²) < 4.78 is 34.6. The van der Waals surface area contributed by atoms with Gasteiger partial charge in [0, 0.05) is 17.3 Å². The van der Waals surface area contributed by atoms with Crippen LogP contribution in [-0.4, -0.2) is 44.5 Å². The van der Waals surface area contributed by atoms with E-state index < -0.39 is 29.8 Å². The number of nitrogens with zero attached hydrogens (tertiary/aromatic N) is 6. The fourth-order valence-corrected chi connectivity index (χ4v) is 3.64. The fourth-order valence-electron chi connectivity index (χ4n) is 3.64. The Morgan fingerprint density at radius 3 is 2.83 bits per heavy atom. The number of anilines is 1. The quantitative estimate of drug-likeness (QED) is 0.334. The number of hydrazone groups is 1. The Morgan fingerprint density at radius 1 is 1.23 bits per heavy atom. The van der Waals surface area contributed by atoms with Gasteiger partial charge in [-0.1, -0.05) is 6.07 Å². The second-order valence-corrected chi connectivity index (χ2v) is 7.45. The molecule has 3 N–H and O–H groups in total. The van der Waals surface area contributed by atoms with Crippen molar-refractivity contribution in [3.8, 4) is 11.1 Å². The van der Waals surface area contributed by atoms with Crippen LogP contribution >= 0.6 is 0 Å². The molecule has 3 amide bonds. The maximum Gasteiger partial charge on any atom is 0.416 e. The molecule has 35 heavy (non-hydrogen) atoms. The molecule has 13 heteroatoms. The maximum absolute atomic E-state index is 14.6. The van der Waals surface area contributed by atoms with Crippen LogP contribution in [0.5, 0.6) is 0 Å². The SMILES string of the molecule is NC(=O)NN=Cc1ccc(-c2cnn3ccc(N4C(=O)OC[C@@H]4c4ccc(F)cn4)nc23)cc1F. The molecular formula is C22H16F2N8O3. The van der Waals surface area contributed by atoms with E-state index in [0.717, 1.165) is 12.4 Å². The van der Waals surface area contributed by atoms with Crippen LogP contribution < -0.4 is 16.1 Å². The summed E-state index contributed by atoms with van der Waals surface area (Å²) in [6.07, 6.45) is 4.69. The molecule has 0 radical (unpaired) electrons. The number of carbonyl (C=O) groups is 2. The Hall–Kier alpha value is -4.94. The Morgan fingerprint density at radius 2 is 2.09 bits per heavy atom. The van der Waals surface area contributed by atoms with Crippen LogP contribution in [0, 0.1) is 11.6 Å². The summed E-state index contributed by atoms with van der Waals surface area (Å²) in [6, 6.07) is 7.21. The number of hydrogen-bond acceptors (Lipinski definition) is 7. The Balaban J connectivity index is 1.50. The van der Waals surface area contributed by atoms with Gasteiger partial charge >= 0.3 is 12.1 Å². The summed E-state index contributed by atoms with van der Waals surface area (Å²) in [5.74, 6) is -0.833. The molecular weight excluding hydrogens is 462 g/mol. The largest absolute Gasteiger partial charge is 0.446 e. The van der Waals surface area contributed by atoms with E-state index in [0.29, 0.717) is 22.5 Å². The number of fused-ring (bicyclic) bond motifs is 1. The lowest BCUT2D eigenvalue weighted by Crippen LogP contribution is -2.28. The molecule has 0 saturated carbocycles. The number of hydrogen-bond donors (Lipinski definition) is 2. The van der Waals surface area contributed by atoms with Gasteiger partial charge in [-0.05, 0) is 35.9 Å². The average molecular weight is 478 g/mol. The molecule has 11 nitrogen and oxygen atoms in total. The van der Waals surface area contributed by atoms with Gasteiger partial charge < -0.3 is 10.5 Å². The zero-order valence-electron chi connectivity index (χ0n) is 17.8. The molecule has 1 aromatic carbocycles. The van der Waals surface area contributed by atoms with Crippen LogP contribution in [0.2, 0.25) is 0 Å². The average Bonchev–Trinajstić information content (AvgIpc) is 3.43. The van der Waals surface area contributed by atoms with Gasteiger partial charge in [-0.15, -0.1) is 0 Å². The van der Waals surface area contributed by atoms with Crippen molar-refractivity contribution in [2.75, 3.05) is 11.5 Å². The van der Waals surface area contributed by atoms with E-state index in [1.807, 2.05) is 5.43 Å². The summed E-state index contributed by atoms with van der Waals surface area (Å²) >= 11 is 0. The zero-order chi connectivity index (χ0) is 24.5. The predicted molar refractivity (Wildman–Crippen MR) is 119 cm³/mol. The van der Waals surface area contributed by atoms with Gasteiger partial charge in [0.05, 0.1) is 24.3 Å². The molecule has 0 bridgehead atoms. The standard InChI is InChI=1S/C22H16F2N8O3/c23-14-3-4-17(26-9-14)18-11-35-22(34)32(18)19-5-6-31-20(29-19)15(10-28-31)12-1-2-13(16(24)7-12)8-27-30-21(25)33/h1-10,18H,11H2,(H3,25,30,33)/t18-/m1/s1. The molecule has 0 unspecified atom stereocenters. The van der Waals surface area contributed by atoms with Gasteiger partial charge in [0.2, 0.25) is 0 Å². The molecule has 1 fully saturated rings. The van der Waals surface area contributed by atoms with Crippen molar-refractivity contribution in [3.05, 3.63) is 77.9 Å². The first-order valence-electron chi connectivity index (χ1n) is 10.2. The number of nitrogens with one attached hydrogen (secondary N) is 1. The molecule has 1 aliphatic rings. The first kappa shape index (κ1) is 21.9. The zero-order valence-corrected chi connectivity index (χ0v) is 17.8. The number of cyclic esters (lactones) is 1. The summed E-state index contributed by atoms with van der Waals surface area (Å²) in [7, 11) is 0. The number of primary amides is 1. The third-order valence-electron chi connectivity index (χ3n) is 5.26. The first-order chi connectivity index (χ1) is 16.9. The molecule has 1 aliphatic heterocycles. The van der Waals surface area contributed by atoms with Crippen LogP contribution in [0.1, 0.15) is 17.3 Å². The molecule has 1 saturated heterocycles. The van der Waals surface area contributed by atoms with Crippen molar-refractivity contribution >= 4 is 29.8 Å². The lowest BCUT2D eigenvalue weighted by atomic mass is 10.1. The predicted octanol–water partition coefficient (Wildman–Crippen LogP) is 2.77. The number of carbonyl (C=O) groups excluding carboxylic acids is 2. The highest BCUT2D eigenvalue weighted by molar-refractivity contribution is 5.90. The van der Waals surface area contributed by atoms with Crippen molar-refractivity contribution in [3.63, 3.8) is 0 Å².